The molecule has 0 bridgehead atoms. The van der Waals surface area contributed by atoms with E-state index in [9.17, 15) is 22.8 Å². The summed E-state index contributed by atoms with van der Waals surface area (Å²) in [6, 6.07) is 20.5. The average Bonchev–Trinajstić information content (AvgIpc) is 4.03. The van der Waals surface area contributed by atoms with Crippen molar-refractivity contribution in [1.29, 1.82) is 0 Å². The highest BCUT2D eigenvalue weighted by Gasteiger charge is 2.35. The molecule has 7 heterocycles. The van der Waals surface area contributed by atoms with Crippen molar-refractivity contribution in [2.75, 3.05) is 44.6 Å². The van der Waals surface area contributed by atoms with Gasteiger partial charge in [-0.1, -0.05) is 6.07 Å². The molecule has 0 saturated carbocycles. The third-order valence-corrected chi connectivity index (χ3v) is 16.6. The number of thiazole rings is 1. The number of carboxylic acid groups (broad SMARTS) is 1. The smallest absolute Gasteiger partial charge is 0.332 e. The van der Waals surface area contributed by atoms with E-state index in [0.717, 1.165) is 83.5 Å². The Kier molecular flexibility index (Phi) is 14.1. The minimum atomic E-state index is -3.79. The normalized spacial score (nSPS) is 15.2. The Morgan fingerprint density at radius 2 is 1.69 bits per heavy atom. The third-order valence-electron chi connectivity index (χ3n) is 13.3. The van der Waals surface area contributed by atoms with Gasteiger partial charge in [0.2, 0.25) is 0 Å². The molecule has 0 aliphatic carbocycles. The molecule has 8 aromatic rings. The highest BCUT2D eigenvalue weighted by molar-refractivity contribution is 7.92. The number of hydrogen-bond donors (Lipinski definition) is 3. The summed E-state index contributed by atoms with van der Waals surface area (Å²) >= 11 is 1.58. The van der Waals surface area contributed by atoms with Crippen LogP contribution in [0.15, 0.2) is 118 Å². The van der Waals surface area contributed by atoms with Crippen LogP contribution in [0.4, 0.5) is 11.4 Å². The van der Waals surface area contributed by atoms with Gasteiger partial charge in [0.1, 0.15) is 16.3 Å². The number of likely N-dealkylation sites (tertiary alicyclic amines) is 2. The first-order valence-electron chi connectivity index (χ1n) is 23.5. The summed E-state index contributed by atoms with van der Waals surface area (Å²) in [4.78, 5) is 71.2. The number of benzene rings is 3. The summed E-state index contributed by atoms with van der Waals surface area (Å²) in [5.41, 5.74) is 6.89. The predicted molar refractivity (Wildman–Crippen MR) is 273 cm³/mol. The fraction of sp³-hybridized carbons (Fsp3) is 0.333. The Balaban J connectivity index is 0.00000203. The van der Waals surface area contributed by atoms with Crippen LogP contribution in [0, 0.1) is 0 Å². The SMILES string of the molecule is CC(C)(C)S(=O)(=O)c1cc2c(Nc3ccc4scnc4c3)ccnc2cc1OCCCN1CCC(c2cnc(C(=O)N3CCC(n4ccc5c(-n6ccc(=O)[nH]c6=O)cccc54)CC3)cn2)CC1.O=CO. The number of aromatic amines is 1. The molecule has 368 valence electrons. The molecule has 3 N–H and O–H groups in total. The van der Waals surface area contributed by atoms with Crippen molar-refractivity contribution < 1.29 is 27.9 Å². The lowest BCUT2D eigenvalue weighted by atomic mass is 9.93. The Morgan fingerprint density at radius 3 is 2.42 bits per heavy atom. The lowest BCUT2D eigenvalue weighted by Crippen LogP contribution is -2.39. The van der Waals surface area contributed by atoms with Gasteiger partial charge in [-0.05, 0) is 114 Å². The molecule has 5 aromatic heterocycles. The van der Waals surface area contributed by atoms with Gasteiger partial charge in [-0.25, -0.2) is 23.2 Å². The monoisotopic (exact) mass is 998 g/mol. The fourth-order valence-electron chi connectivity index (χ4n) is 9.41. The summed E-state index contributed by atoms with van der Waals surface area (Å²) in [5.74, 6) is 0.414. The second kappa shape index (κ2) is 20.6. The number of anilines is 2. The van der Waals surface area contributed by atoms with Crippen molar-refractivity contribution in [2.45, 2.75) is 74.5 Å². The van der Waals surface area contributed by atoms with E-state index in [2.05, 4.69) is 34.7 Å². The number of rotatable bonds is 12. The van der Waals surface area contributed by atoms with Gasteiger partial charge in [-0.2, -0.15) is 0 Å². The van der Waals surface area contributed by atoms with Crippen molar-refractivity contribution in [3.63, 3.8) is 0 Å². The van der Waals surface area contributed by atoms with Gasteiger partial charge in [-0.3, -0.25) is 33.9 Å². The summed E-state index contributed by atoms with van der Waals surface area (Å²) in [5, 5.41) is 11.9. The molecule has 2 fully saturated rings. The van der Waals surface area contributed by atoms with E-state index in [1.165, 1.54) is 16.8 Å². The van der Waals surface area contributed by atoms with Crippen LogP contribution in [-0.4, -0.2) is 114 Å². The lowest BCUT2D eigenvalue weighted by molar-refractivity contribution is -0.122. The highest BCUT2D eigenvalue weighted by Crippen LogP contribution is 2.38. The summed E-state index contributed by atoms with van der Waals surface area (Å²) < 4.78 is 38.0. The van der Waals surface area contributed by atoms with Crippen molar-refractivity contribution in [3.05, 3.63) is 135 Å². The van der Waals surface area contributed by atoms with Crippen LogP contribution >= 0.6 is 11.3 Å². The summed E-state index contributed by atoms with van der Waals surface area (Å²) in [6.45, 7) is 8.90. The van der Waals surface area contributed by atoms with E-state index >= 15 is 0 Å². The van der Waals surface area contributed by atoms with Gasteiger partial charge in [0, 0.05) is 90.7 Å². The zero-order valence-corrected chi connectivity index (χ0v) is 41.2. The lowest BCUT2D eigenvalue weighted by Gasteiger charge is -2.33. The molecule has 0 spiro atoms. The average molecular weight is 999 g/mol. The van der Waals surface area contributed by atoms with Gasteiger partial charge in [0.05, 0.1) is 55.7 Å². The molecule has 2 aliphatic heterocycles. The number of hydrogen-bond acceptors (Lipinski definition) is 14. The Labute approximate surface area is 412 Å². The maximum Gasteiger partial charge on any atom is 0.332 e. The van der Waals surface area contributed by atoms with E-state index in [4.69, 9.17) is 19.6 Å². The molecule has 71 heavy (non-hydrogen) atoms. The predicted octanol–water partition coefficient (Wildman–Crippen LogP) is 7.57. The number of piperidine rings is 2. The molecular weight excluding hydrogens is 945 g/mol. The fourth-order valence-corrected chi connectivity index (χ4v) is 11.4. The first-order chi connectivity index (χ1) is 34.2. The number of carbonyl (C=O) groups is 2. The van der Waals surface area contributed by atoms with Crippen LogP contribution in [0.2, 0.25) is 0 Å². The van der Waals surface area contributed by atoms with E-state index in [1.54, 1.807) is 62.8 Å². The van der Waals surface area contributed by atoms with Gasteiger partial charge in [0.25, 0.3) is 17.9 Å². The largest absolute Gasteiger partial charge is 0.492 e. The number of aromatic nitrogens is 7. The molecule has 0 unspecified atom stereocenters. The molecule has 10 rings (SSSR count). The molecular formula is C51H54N10O8S2. The number of sulfone groups is 1. The third kappa shape index (κ3) is 10.3. The Morgan fingerprint density at radius 1 is 0.901 bits per heavy atom. The Bertz CT molecular complexity index is 3460. The van der Waals surface area contributed by atoms with Crippen molar-refractivity contribution in [2.24, 2.45) is 0 Å². The van der Waals surface area contributed by atoms with E-state index < -0.39 is 25.8 Å². The van der Waals surface area contributed by atoms with Gasteiger partial charge in [-0.15, -0.1) is 11.3 Å². The van der Waals surface area contributed by atoms with E-state index in [0.29, 0.717) is 54.2 Å². The highest BCUT2D eigenvalue weighted by atomic mass is 32.2. The van der Waals surface area contributed by atoms with Crippen molar-refractivity contribution in [3.8, 4) is 11.4 Å². The maximum atomic E-state index is 14.0. The minimum absolute atomic E-state index is 0.123. The summed E-state index contributed by atoms with van der Waals surface area (Å²) in [7, 11) is -3.79. The zero-order chi connectivity index (χ0) is 49.9. The maximum absolute atomic E-state index is 14.0. The van der Waals surface area contributed by atoms with Crippen molar-refractivity contribution in [1.82, 2.24) is 43.9 Å². The first kappa shape index (κ1) is 48.7. The zero-order valence-electron chi connectivity index (χ0n) is 39.5. The summed E-state index contributed by atoms with van der Waals surface area (Å²) in [6.07, 6.45) is 12.7. The van der Waals surface area contributed by atoms with Gasteiger partial charge >= 0.3 is 5.69 Å². The molecule has 2 aliphatic rings. The van der Waals surface area contributed by atoms with Gasteiger partial charge < -0.3 is 29.5 Å². The molecule has 0 radical (unpaired) electrons. The van der Waals surface area contributed by atoms with Crippen LogP contribution in [0.5, 0.6) is 5.75 Å². The van der Waals surface area contributed by atoms with Crippen LogP contribution in [0.25, 0.3) is 37.7 Å². The molecule has 20 heteroatoms. The topological polar surface area (TPSA) is 228 Å². The number of amides is 1. The number of nitrogens with one attached hydrogen (secondary N) is 2. The standard InChI is InChI=1S/C50H52N10O6S2.CH2O2/c1-50(2,3)68(64,65)46-27-36-37(55-33-8-9-45-39(26-33)54-31-67-45)10-17-51-38(36)28-44(46)66-25-5-18-57-19-11-32(12-20-57)40-29-53-41(30-52-40)48(62)58-21-13-34(14-22-58)59-23-15-35-42(59)6-4-7-43(35)60-24-16-47(61)56-49(60)63;2-1-3/h4,6-10,15-17,23-24,26-32,34H,5,11-14,18-22,25H2,1-3H3,(H,51,55)(H,56,61,63);1H,(H,2,3). The first-order valence-corrected chi connectivity index (χ1v) is 25.8. The Hall–Kier alpha value is -7.29. The second-order valence-electron chi connectivity index (χ2n) is 18.6. The van der Waals surface area contributed by atoms with E-state index in [-0.39, 0.29) is 29.2 Å². The quantitative estimate of drug-likeness (QED) is 0.0793. The number of nitrogens with zero attached hydrogens (tertiary/aromatic N) is 8. The minimum Gasteiger partial charge on any atom is -0.492 e. The molecule has 18 nitrogen and oxygen atoms in total. The second-order valence-corrected chi connectivity index (χ2v) is 22.2. The van der Waals surface area contributed by atoms with Gasteiger partial charge in [0.15, 0.2) is 9.84 Å². The van der Waals surface area contributed by atoms with Crippen LogP contribution in [0.1, 0.15) is 81.0 Å². The number of H-pyrrole nitrogens is 1. The van der Waals surface area contributed by atoms with Crippen molar-refractivity contribution >= 4 is 77.0 Å². The van der Waals surface area contributed by atoms with Crippen LogP contribution in [-0.2, 0) is 14.6 Å². The van der Waals surface area contributed by atoms with Crippen LogP contribution in [0.3, 0.4) is 0 Å². The molecule has 2 saturated heterocycles. The number of ether oxygens (including phenoxy) is 1. The number of carbonyl (C=O) groups excluding carboxylic acids is 1. The molecule has 0 atom stereocenters. The number of fused-ring (bicyclic) bond motifs is 3. The van der Waals surface area contributed by atoms with Crippen LogP contribution < -0.4 is 21.3 Å². The van der Waals surface area contributed by atoms with E-state index in [1.807, 2.05) is 65.1 Å². The molecule has 3 aromatic carbocycles. The molecule has 1 amide bonds. The number of pyridine rings is 1.